The van der Waals surface area contributed by atoms with Crippen molar-refractivity contribution in [2.24, 2.45) is 5.73 Å². The summed E-state index contributed by atoms with van der Waals surface area (Å²) in [5.74, 6) is -0.205. The smallest absolute Gasteiger partial charge is 0.418 e. The number of ether oxygens (including phenoxy) is 1. The van der Waals surface area contributed by atoms with Gasteiger partial charge in [0.05, 0.1) is 10.9 Å². The topological polar surface area (TPSA) is 61.3 Å². The molecule has 0 fully saturated rings. The largest absolute Gasteiger partial charge is 0.474 e. The van der Waals surface area contributed by atoms with Crippen molar-refractivity contribution in [1.29, 1.82) is 0 Å². The molecule has 0 saturated carbocycles. The Morgan fingerprint density at radius 1 is 1.39 bits per heavy atom. The van der Waals surface area contributed by atoms with Gasteiger partial charge >= 0.3 is 6.18 Å². The zero-order valence-electron chi connectivity index (χ0n) is 8.92. The molecule has 18 heavy (non-hydrogen) atoms. The molecule has 0 radical (unpaired) electrons. The lowest BCUT2D eigenvalue weighted by molar-refractivity contribution is -0.136. The third-order valence-corrected chi connectivity index (χ3v) is 2.86. The molecule has 0 aliphatic rings. The zero-order chi connectivity index (χ0) is 13.3. The zero-order valence-corrected chi connectivity index (χ0v) is 10.5. The van der Waals surface area contributed by atoms with Gasteiger partial charge in [0.15, 0.2) is 5.58 Å². The SMILES string of the molecule is NCCOc1noc2ccc(Br)c(C(F)(F)F)c12. The van der Waals surface area contributed by atoms with Crippen molar-refractivity contribution in [2.75, 3.05) is 13.2 Å². The predicted octanol–water partition coefficient (Wildman–Crippen LogP) is 2.95. The molecular weight excluding hydrogens is 317 g/mol. The normalized spacial score (nSPS) is 12.1. The van der Waals surface area contributed by atoms with Crippen molar-refractivity contribution >= 4 is 26.9 Å². The van der Waals surface area contributed by atoms with Crippen LogP contribution in [0.2, 0.25) is 0 Å². The summed E-state index contributed by atoms with van der Waals surface area (Å²) in [5.41, 5.74) is 4.37. The van der Waals surface area contributed by atoms with Crippen LogP contribution in [-0.2, 0) is 6.18 Å². The molecule has 0 amide bonds. The number of nitrogens with two attached hydrogens (primary N) is 1. The van der Waals surface area contributed by atoms with Gasteiger partial charge in [-0.15, -0.1) is 0 Å². The highest BCUT2D eigenvalue weighted by atomic mass is 79.9. The van der Waals surface area contributed by atoms with Gasteiger partial charge in [0.25, 0.3) is 5.88 Å². The molecule has 2 N–H and O–H groups in total. The Morgan fingerprint density at radius 3 is 2.72 bits per heavy atom. The second-order valence-corrected chi connectivity index (χ2v) is 4.27. The van der Waals surface area contributed by atoms with E-state index in [-0.39, 0.29) is 34.5 Å². The van der Waals surface area contributed by atoms with E-state index in [1.165, 1.54) is 12.1 Å². The summed E-state index contributed by atoms with van der Waals surface area (Å²) in [6.07, 6.45) is -4.54. The number of hydrogen-bond donors (Lipinski definition) is 1. The van der Waals surface area contributed by atoms with Crippen molar-refractivity contribution < 1.29 is 22.4 Å². The number of benzene rings is 1. The molecule has 0 bridgehead atoms. The minimum atomic E-state index is -4.54. The molecule has 0 aliphatic carbocycles. The van der Waals surface area contributed by atoms with E-state index in [9.17, 15) is 13.2 Å². The number of alkyl halides is 3. The molecule has 0 saturated heterocycles. The van der Waals surface area contributed by atoms with Crippen molar-refractivity contribution in [3.8, 4) is 5.88 Å². The summed E-state index contributed by atoms with van der Waals surface area (Å²) >= 11 is 2.87. The van der Waals surface area contributed by atoms with Gasteiger partial charge in [-0.05, 0) is 17.3 Å². The van der Waals surface area contributed by atoms with Crippen LogP contribution in [0, 0.1) is 0 Å². The lowest BCUT2D eigenvalue weighted by Crippen LogP contribution is -2.12. The number of hydrogen-bond acceptors (Lipinski definition) is 4. The van der Waals surface area contributed by atoms with Gasteiger partial charge in [-0.3, -0.25) is 0 Å². The number of fused-ring (bicyclic) bond motifs is 1. The lowest BCUT2D eigenvalue weighted by atomic mass is 10.1. The van der Waals surface area contributed by atoms with Crippen LogP contribution in [0.15, 0.2) is 21.1 Å². The Morgan fingerprint density at radius 2 is 2.11 bits per heavy atom. The van der Waals surface area contributed by atoms with Crippen LogP contribution in [0.25, 0.3) is 11.0 Å². The molecule has 1 heterocycles. The van der Waals surface area contributed by atoms with E-state index in [0.29, 0.717) is 0 Å². The third kappa shape index (κ3) is 2.30. The molecule has 2 rings (SSSR count). The van der Waals surface area contributed by atoms with Gasteiger partial charge in [-0.25, -0.2) is 0 Å². The van der Waals surface area contributed by atoms with Crippen LogP contribution in [0.1, 0.15) is 5.56 Å². The summed E-state index contributed by atoms with van der Waals surface area (Å²) < 4.78 is 48.7. The van der Waals surface area contributed by atoms with E-state index in [4.69, 9.17) is 15.0 Å². The van der Waals surface area contributed by atoms with Crippen LogP contribution in [0.5, 0.6) is 5.88 Å². The van der Waals surface area contributed by atoms with Crippen molar-refractivity contribution in [1.82, 2.24) is 5.16 Å². The maximum absolute atomic E-state index is 13.0. The van der Waals surface area contributed by atoms with Crippen LogP contribution >= 0.6 is 15.9 Å². The van der Waals surface area contributed by atoms with E-state index < -0.39 is 11.7 Å². The molecular formula is C10H8BrF3N2O2. The predicted molar refractivity (Wildman–Crippen MR) is 61.3 cm³/mol. The number of aromatic nitrogens is 1. The van der Waals surface area contributed by atoms with E-state index in [1.54, 1.807) is 0 Å². The molecule has 4 nitrogen and oxygen atoms in total. The first kappa shape index (κ1) is 13.2. The van der Waals surface area contributed by atoms with Crippen LogP contribution in [0.3, 0.4) is 0 Å². The van der Waals surface area contributed by atoms with Crippen molar-refractivity contribution in [3.63, 3.8) is 0 Å². The molecule has 2 aromatic rings. The summed E-state index contributed by atoms with van der Waals surface area (Å²) in [4.78, 5) is 0. The standard InChI is InChI=1S/C10H8BrF3N2O2/c11-5-1-2-6-7(8(5)10(12,13)14)9(16-18-6)17-4-3-15/h1-2H,3-4,15H2. The van der Waals surface area contributed by atoms with Gasteiger partial charge in [-0.1, -0.05) is 15.9 Å². The molecule has 98 valence electrons. The molecule has 1 aromatic carbocycles. The van der Waals surface area contributed by atoms with E-state index >= 15 is 0 Å². The van der Waals surface area contributed by atoms with E-state index in [1.807, 2.05) is 0 Å². The fraction of sp³-hybridized carbons (Fsp3) is 0.300. The minimum Gasteiger partial charge on any atom is -0.474 e. The first-order chi connectivity index (χ1) is 8.45. The first-order valence-electron chi connectivity index (χ1n) is 4.93. The Hall–Kier alpha value is -1.28. The summed E-state index contributed by atoms with van der Waals surface area (Å²) in [7, 11) is 0. The second-order valence-electron chi connectivity index (χ2n) is 3.42. The quantitative estimate of drug-likeness (QED) is 0.942. The highest BCUT2D eigenvalue weighted by Crippen LogP contribution is 2.43. The van der Waals surface area contributed by atoms with E-state index in [0.717, 1.165) is 0 Å². The molecule has 1 aromatic heterocycles. The second kappa shape index (κ2) is 4.77. The third-order valence-electron chi connectivity index (χ3n) is 2.20. The van der Waals surface area contributed by atoms with Crippen LogP contribution < -0.4 is 10.5 Å². The lowest BCUT2D eigenvalue weighted by Gasteiger charge is -2.10. The highest BCUT2D eigenvalue weighted by Gasteiger charge is 2.37. The van der Waals surface area contributed by atoms with Gasteiger partial charge in [-0.2, -0.15) is 13.2 Å². The Kier molecular flexibility index (Phi) is 3.49. The van der Waals surface area contributed by atoms with Crippen molar-refractivity contribution in [2.45, 2.75) is 6.18 Å². The summed E-state index contributed by atoms with van der Waals surface area (Å²) in [6.45, 7) is 0.231. The Bertz CT molecular complexity index is 568. The number of rotatable bonds is 3. The minimum absolute atomic E-state index is 0.0116. The number of halogens is 4. The fourth-order valence-corrected chi connectivity index (χ4v) is 2.07. The first-order valence-corrected chi connectivity index (χ1v) is 5.72. The molecule has 0 spiro atoms. The molecule has 0 unspecified atom stereocenters. The maximum atomic E-state index is 13.0. The Labute approximate surface area is 108 Å². The van der Waals surface area contributed by atoms with Crippen LogP contribution in [-0.4, -0.2) is 18.3 Å². The monoisotopic (exact) mass is 324 g/mol. The maximum Gasteiger partial charge on any atom is 0.418 e. The van der Waals surface area contributed by atoms with Crippen molar-refractivity contribution in [3.05, 3.63) is 22.2 Å². The van der Waals surface area contributed by atoms with E-state index in [2.05, 4.69) is 21.1 Å². The highest BCUT2D eigenvalue weighted by molar-refractivity contribution is 9.10. The molecule has 8 heteroatoms. The molecule has 0 aliphatic heterocycles. The average molecular weight is 325 g/mol. The van der Waals surface area contributed by atoms with Gasteiger partial charge in [0.1, 0.15) is 6.61 Å². The fourth-order valence-electron chi connectivity index (χ4n) is 1.51. The molecule has 0 atom stereocenters. The Balaban J connectivity index is 2.65. The van der Waals surface area contributed by atoms with Crippen LogP contribution in [0.4, 0.5) is 13.2 Å². The average Bonchev–Trinajstić information content (AvgIpc) is 2.67. The summed E-state index contributed by atoms with van der Waals surface area (Å²) in [5, 5.41) is 3.27. The summed E-state index contributed by atoms with van der Waals surface area (Å²) in [6, 6.07) is 2.64. The van der Waals surface area contributed by atoms with Gasteiger partial charge in [0, 0.05) is 11.0 Å². The van der Waals surface area contributed by atoms with Gasteiger partial charge < -0.3 is 15.0 Å². The number of nitrogens with zero attached hydrogens (tertiary/aromatic N) is 1. The van der Waals surface area contributed by atoms with Gasteiger partial charge in [0.2, 0.25) is 0 Å².